The van der Waals surface area contributed by atoms with Crippen LogP contribution < -0.4 is 10.1 Å². The molecule has 2 rings (SSSR count). The molecule has 0 atom stereocenters. The van der Waals surface area contributed by atoms with Crippen LogP contribution in [0.5, 0.6) is 5.75 Å². The average Bonchev–Trinajstić information content (AvgIpc) is 2.45. The van der Waals surface area contributed by atoms with Crippen LogP contribution in [-0.4, -0.2) is 12.5 Å². The van der Waals surface area contributed by atoms with Gasteiger partial charge in [0.15, 0.2) is 6.61 Å². The molecule has 0 aliphatic heterocycles. The fraction of sp³-hybridized carbons (Fsp3) is 0.0667. The van der Waals surface area contributed by atoms with E-state index in [9.17, 15) is 9.18 Å². The summed E-state index contributed by atoms with van der Waals surface area (Å²) in [6.07, 6.45) is 0. The highest BCUT2D eigenvalue weighted by Gasteiger charge is 2.12. The van der Waals surface area contributed by atoms with Crippen LogP contribution in [0.1, 0.15) is 10.4 Å². The number of nitriles is 1. The second-order valence-corrected chi connectivity index (χ2v) is 4.49. The van der Waals surface area contributed by atoms with E-state index < -0.39 is 11.7 Å². The molecular formula is C15H10ClFN2O2. The fourth-order valence-corrected chi connectivity index (χ4v) is 1.81. The van der Waals surface area contributed by atoms with Crippen molar-refractivity contribution in [3.63, 3.8) is 0 Å². The molecule has 0 spiro atoms. The molecule has 0 aromatic heterocycles. The van der Waals surface area contributed by atoms with Gasteiger partial charge in [-0.25, -0.2) is 4.39 Å². The van der Waals surface area contributed by atoms with Gasteiger partial charge in [-0.15, -0.1) is 0 Å². The third kappa shape index (κ3) is 3.94. The lowest BCUT2D eigenvalue weighted by Gasteiger charge is -2.08. The number of hydrogen-bond acceptors (Lipinski definition) is 3. The highest BCUT2D eigenvalue weighted by Crippen LogP contribution is 2.20. The molecule has 0 fully saturated rings. The molecule has 1 amide bonds. The van der Waals surface area contributed by atoms with Crippen molar-refractivity contribution in [2.24, 2.45) is 0 Å². The predicted molar refractivity (Wildman–Crippen MR) is 76.9 cm³/mol. The zero-order valence-electron chi connectivity index (χ0n) is 10.8. The van der Waals surface area contributed by atoms with E-state index in [1.807, 2.05) is 6.07 Å². The number of ether oxygens (including phenoxy) is 1. The number of carbonyl (C=O) groups is 1. The van der Waals surface area contributed by atoms with Gasteiger partial charge in [-0.2, -0.15) is 5.26 Å². The van der Waals surface area contributed by atoms with Crippen molar-refractivity contribution in [3.05, 3.63) is 58.9 Å². The van der Waals surface area contributed by atoms with E-state index in [-0.39, 0.29) is 17.2 Å². The number of rotatable bonds is 4. The van der Waals surface area contributed by atoms with Crippen LogP contribution in [-0.2, 0) is 0 Å². The Labute approximate surface area is 125 Å². The fourth-order valence-electron chi connectivity index (χ4n) is 1.65. The van der Waals surface area contributed by atoms with E-state index in [0.29, 0.717) is 11.4 Å². The Balaban J connectivity index is 2.14. The summed E-state index contributed by atoms with van der Waals surface area (Å²) < 4.78 is 18.8. The minimum absolute atomic E-state index is 0.0940. The highest BCUT2D eigenvalue weighted by molar-refractivity contribution is 6.30. The third-order valence-electron chi connectivity index (χ3n) is 2.57. The maximum absolute atomic E-state index is 13.6. The van der Waals surface area contributed by atoms with E-state index in [2.05, 4.69) is 5.32 Å². The Hall–Kier alpha value is -2.58. The highest BCUT2D eigenvalue weighted by atomic mass is 35.5. The van der Waals surface area contributed by atoms with Gasteiger partial charge in [-0.05, 0) is 30.3 Å². The standard InChI is InChI=1S/C15H10ClFN2O2/c16-10-4-5-13(14(17)8-10)15(20)19-11-2-1-3-12(9-11)21-7-6-18/h1-5,8-9H,7H2,(H,19,20). The van der Waals surface area contributed by atoms with Crippen LogP contribution in [0.15, 0.2) is 42.5 Å². The first-order valence-corrected chi connectivity index (χ1v) is 6.34. The van der Waals surface area contributed by atoms with Gasteiger partial charge >= 0.3 is 0 Å². The number of amides is 1. The molecule has 0 saturated heterocycles. The van der Waals surface area contributed by atoms with E-state index in [1.165, 1.54) is 12.1 Å². The molecule has 106 valence electrons. The first-order chi connectivity index (χ1) is 10.1. The van der Waals surface area contributed by atoms with Crippen molar-refractivity contribution in [1.29, 1.82) is 5.26 Å². The monoisotopic (exact) mass is 304 g/mol. The van der Waals surface area contributed by atoms with Crippen LogP contribution in [0.25, 0.3) is 0 Å². The van der Waals surface area contributed by atoms with Gasteiger partial charge in [0.05, 0.1) is 5.56 Å². The summed E-state index contributed by atoms with van der Waals surface area (Å²) in [5, 5.41) is 11.2. The molecule has 1 N–H and O–H groups in total. The largest absolute Gasteiger partial charge is 0.479 e. The van der Waals surface area contributed by atoms with Gasteiger partial charge in [0.25, 0.3) is 5.91 Å². The Morgan fingerprint density at radius 1 is 1.33 bits per heavy atom. The number of nitrogens with one attached hydrogen (secondary N) is 1. The summed E-state index contributed by atoms with van der Waals surface area (Å²) in [7, 11) is 0. The third-order valence-corrected chi connectivity index (χ3v) is 2.81. The van der Waals surface area contributed by atoms with Gasteiger partial charge in [-0.3, -0.25) is 4.79 Å². The number of carbonyl (C=O) groups excluding carboxylic acids is 1. The second-order valence-electron chi connectivity index (χ2n) is 4.05. The first kappa shape index (κ1) is 14.8. The van der Waals surface area contributed by atoms with Crippen molar-refractivity contribution in [2.75, 3.05) is 11.9 Å². The predicted octanol–water partition coefficient (Wildman–Crippen LogP) is 3.63. The molecular weight excluding hydrogens is 295 g/mol. The molecule has 0 aliphatic carbocycles. The van der Waals surface area contributed by atoms with Gasteiger partial charge in [0.2, 0.25) is 0 Å². The molecule has 0 unspecified atom stereocenters. The van der Waals surface area contributed by atoms with Gasteiger partial charge in [0.1, 0.15) is 17.6 Å². The summed E-state index contributed by atoms with van der Waals surface area (Å²) >= 11 is 5.64. The number of hydrogen-bond donors (Lipinski definition) is 1. The van der Waals surface area contributed by atoms with Crippen LogP contribution in [0.3, 0.4) is 0 Å². The molecule has 0 aliphatic rings. The average molecular weight is 305 g/mol. The first-order valence-electron chi connectivity index (χ1n) is 5.96. The van der Waals surface area contributed by atoms with E-state index >= 15 is 0 Å². The number of anilines is 1. The van der Waals surface area contributed by atoms with Crippen LogP contribution in [0, 0.1) is 17.1 Å². The Bertz CT molecular complexity index is 713. The van der Waals surface area contributed by atoms with E-state index in [1.54, 1.807) is 24.3 Å². The van der Waals surface area contributed by atoms with Crippen molar-refractivity contribution in [1.82, 2.24) is 0 Å². The molecule has 2 aromatic carbocycles. The SMILES string of the molecule is N#CCOc1cccc(NC(=O)c2ccc(Cl)cc2F)c1. The topological polar surface area (TPSA) is 62.1 Å². The summed E-state index contributed by atoms with van der Waals surface area (Å²) in [5.41, 5.74) is 0.326. The zero-order valence-corrected chi connectivity index (χ0v) is 11.5. The molecule has 2 aromatic rings. The smallest absolute Gasteiger partial charge is 0.258 e. The van der Waals surface area contributed by atoms with Gasteiger partial charge in [0, 0.05) is 16.8 Å². The molecule has 21 heavy (non-hydrogen) atoms. The molecule has 0 heterocycles. The number of nitrogens with zero attached hydrogens (tertiary/aromatic N) is 1. The minimum Gasteiger partial charge on any atom is -0.479 e. The van der Waals surface area contributed by atoms with Crippen molar-refractivity contribution >= 4 is 23.2 Å². The number of halogens is 2. The van der Waals surface area contributed by atoms with Crippen LogP contribution in [0.4, 0.5) is 10.1 Å². The molecule has 6 heteroatoms. The van der Waals surface area contributed by atoms with Gasteiger partial charge in [-0.1, -0.05) is 17.7 Å². The molecule has 4 nitrogen and oxygen atoms in total. The van der Waals surface area contributed by atoms with E-state index in [4.69, 9.17) is 21.6 Å². The van der Waals surface area contributed by atoms with E-state index in [0.717, 1.165) is 6.07 Å². The lowest BCUT2D eigenvalue weighted by molar-refractivity contribution is 0.102. The Morgan fingerprint density at radius 3 is 2.86 bits per heavy atom. The van der Waals surface area contributed by atoms with Gasteiger partial charge < -0.3 is 10.1 Å². The normalized spacial score (nSPS) is 9.76. The number of benzene rings is 2. The molecule has 0 radical (unpaired) electrons. The summed E-state index contributed by atoms with van der Waals surface area (Å²) in [5.74, 6) is -0.857. The van der Waals surface area contributed by atoms with Crippen LogP contribution in [0.2, 0.25) is 5.02 Å². The molecule has 0 saturated carbocycles. The van der Waals surface area contributed by atoms with Crippen LogP contribution >= 0.6 is 11.6 Å². The summed E-state index contributed by atoms with van der Waals surface area (Å²) in [6.45, 7) is -0.0940. The van der Waals surface area contributed by atoms with Crippen molar-refractivity contribution < 1.29 is 13.9 Å². The lowest BCUT2D eigenvalue weighted by Crippen LogP contribution is -2.13. The second kappa shape index (κ2) is 6.73. The minimum atomic E-state index is -0.697. The zero-order chi connectivity index (χ0) is 15.2. The maximum atomic E-state index is 13.6. The maximum Gasteiger partial charge on any atom is 0.258 e. The summed E-state index contributed by atoms with van der Waals surface area (Å²) in [4.78, 5) is 12.0. The van der Waals surface area contributed by atoms with Crippen molar-refractivity contribution in [3.8, 4) is 11.8 Å². The molecule has 0 bridgehead atoms. The Kier molecular flexibility index (Phi) is 4.75. The Morgan fingerprint density at radius 2 is 2.14 bits per heavy atom. The lowest BCUT2D eigenvalue weighted by atomic mass is 10.2. The summed E-state index contributed by atoms with van der Waals surface area (Å²) in [6, 6.07) is 12.1. The quantitative estimate of drug-likeness (QED) is 0.938. The van der Waals surface area contributed by atoms with Crippen molar-refractivity contribution in [2.45, 2.75) is 0 Å².